The summed E-state index contributed by atoms with van der Waals surface area (Å²) < 4.78 is 25.8. The molecule has 106 valence electrons. The van der Waals surface area contributed by atoms with E-state index in [0.29, 0.717) is 10.9 Å². The molecule has 1 heterocycles. The second kappa shape index (κ2) is 5.90. The van der Waals surface area contributed by atoms with Gasteiger partial charge in [0.2, 0.25) is 10.0 Å². The van der Waals surface area contributed by atoms with Gasteiger partial charge in [0.05, 0.1) is 4.90 Å². The summed E-state index contributed by atoms with van der Waals surface area (Å²) in [5.41, 5.74) is 0.858. The van der Waals surface area contributed by atoms with Crippen LogP contribution in [0.2, 0.25) is 0 Å². The monoisotopic (exact) mass is 283 g/mol. The molecule has 0 aliphatic carbocycles. The summed E-state index contributed by atoms with van der Waals surface area (Å²) in [4.78, 5) is 2.58. The Labute approximate surface area is 115 Å². The molecule has 1 unspecified atom stereocenters. The highest BCUT2D eigenvalue weighted by Crippen LogP contribution is 2.18. The van der Waals surface area contributed by atoms with Crippen LogP contribution in [0.25, 0.3) is 0 Å². The summed E-state index contributed by atoms with van der Waals surface area (Å²) in [6, 6.07) is 7.33. The SMILES string of the molecule is CNS(=O)(=O)c1cccc(NC2CCCN(C)C2)c1. The number of likely N-dealkylation sites (N-methyl/N-ethyl adjacent to an activating group) is 1. The Morgan fingerprint density at radius 3 is 2.84 bits per heavy atom. The van der Waals surface area contributed by atoms with Crippen molar-refractivity contribution in [3.8, 4) is 0 Å². The van der Waals surface area contributed by atoms with Crippen molar-refractivity contribution in [1.82, 2.24) is 9.62 Å². The van der Waals surface area contributed by atoms with Gasteiger partial charge in [0.1, 0.15) is 0 Å². The highest BCUT2D eigenvalue weighted by molar-refractivity contribution is 7.89. The van der Waals surface area contributed by atoms with E-state index in [1.807, 2.05) is 6.07 Å². The zero-order valence-corrected chi connectivity index (χ0v) is 12.2. The van der Waals surface area contributed by atoms with Gasteiger partial charge in [-0.15, -0.1) is 0 Å². The predicted octanol–water partition coefficient (Wildman–Crippen LogP) is 1.10. The molecule has 0 spiro atoms. The lowest BCUT2D eigenvalue weighted by molar-refractivity contribution is 0.261. The summed E-state index contributed by atoms with van der Waals surface area (Å²) in [6.07, 6.45) is 2.29. The van der Waals surface area contributed by atoms with Crippen molar-refractivity contribution in [2.75, 3.05) is 32.5 Å². The lowest BCUT2D eigenvalue weighted by Gasteiger charge is -2.31. The molecule has 0 aromatic heterocycles. The maximum atomic E-state index is 11.8. The van der Waals surface area contributed by atoms with Crippen molar-refractivity contribution in [3.63, 3.8) is 0 Å². The van der Waals surface area contributed by atoms with Crippen molar-refractivity contribution in [3.05, 3.63) is 24.3 Å². The summed E-state index contributed by atoms with van der Waals surface area (Å²) in [5, 5.41) is 3.41. The Kier molecular flexibility index (Phi) is 4.44. The fourth-order valence-electron chi connectivity index (χ4n) is 2.39. The number of likely N-dealkylation sites (tertiary alicyclic amines) is 1. The Bertz CT molecular complexity index is 530. The highest BCUT2D eigenvalue weighted by atomic mass is 32.2. The van der Waals surface area contributed by atoms with Crippen LogP contribution in [0.15, 0.2) is 29.2 Å². The van der Waals surface area contributed by atoms with Crippen molar-refractivity contribution in [1.29, 1.82) is 0 Å². The quantitative estimate of drug-likeness (QED) is 0.869. The van der Waals surface area contributed by atoms with E-state index in [4.69, 9.17) is 0 Å². The molecule has 2 N–H and O–H groups in total. The first-order chi connectivity index (χ1) is 9.01. The molecular formula is C13H21N3O2S. The van der Waals surface area contributed by atoms with Gasteiger partial charge in [-0.05, 0) is 51.7 Å². The fourth-order valence-corrected chi connectivity index (χ4v) is 3.17. The van der Waals surface area contributed by atoms with Gasteiger partial charge in [0, 0.05) is 18.3 Å². The van der Waals surface area contributed by atoms with Crippen LogP contribution in [-0.4, -0.2) is 46.5 Å². The largest absolute Gasteiger partial charge is 0.381 e. The molecule has 1 atom stereocenters. The maximum absolute atomic E-state index is 11.8. The first-order valence-corrected chi connectivity index (χ1v) is 7.98. The Balaban J connectivity index is 2.11. The normalized spacial score (nSPS) is 21.3. The average Bonchev–Trinajstić information content (AvgIpc) is 2.39. The van der Waals surface area contributed by atoms with Crippen LogP contribution in [0.1, 0.15) is 12.8 Å². The number of hydrogen-bond acceptors (Lipinski definition) is 4. The van der Waals surface area contributed by atoms with Gasteiger partial charge in [-0.2, -0.15) is 0 Å². The van der Waals surface area contributed by atoms with E-state index in [2.05, 4.69) is 22.0 Å². The van der Waals surface area contributed by atoms with E-state index in [1.54, 1.807) is 18.2 Å². The van der Waals surface area contributed by atoms with Crippen LogP contribution < -0.4 is 10.0 Å². The summed E-state index contributed by atoms with van der Waals surface area (Å²) in [5.74, 6) is 0. The van der Waals surface area contributed by atoms with Crippen molar-refractivity contribution >= 4 is 15.7 Å². The minimum absolute atomic E-state index is 0.296. The Hall–Kier alpha value is -1.11. The molecule has 1 aliphatic rings. The molecule has 0 radical (unpaired) electrons. The van der Waals surface area contributed by atoms with E-state index in [1.165, 1.54) is 13.5 Å². The van der Waals surface area contributed by atoms with Gasteiger partial charge in [-0.1, -0.05) is 6.07 Å². The average molecular weight is 283 g/mol. The molecule has 5 nitrogen and oxygen atoms in total. The number of piperidine rings is 1. The van der Waals surface area contributed by atoms with Gasteiger partial charge in [0.15, 0.2) is 0 Å². The molecule has 2 rings (SSSR count). The number of rotatable bonds is 4. The molecular weight excluding hydrogens is 262 g/mol. The van der Waals surface area contributed by atoms with E-state index in [0.717, 1.165) is 25.2 Å². The van der Waals surface area contributed by atoms with Gasteiger partial charge in [-0.25, -0.2) is 13.1 Å². The number of benzene rings is 1. The van der Waals surface area contributed by atoms with Gasteiger partial charge in [0.25, 0.3) is 0 Å². The lowest BCUT2D eigenvalue weighted by Crippen LogP contribution is -2.39. The zero-order chi connectivity index (χ0) is 13.9. The third-order valence-electron chi connectivity index (χ3n) is 3.41. The first-order valence-electron chi connectivity index (χ1n) is 6.50. The molecule has 6 heteroatoms. The van der Waals surface area contributed by atoms with Gasteiger partial charge < -0.3 is 10.2 Å². The third-order valence-corrected chi connectivity index (χ3v) is 4.82. The summed E-state index contributed by atoms with van der Waals surface area (Å²) in [6.45, 7) is 2.12. The second-order valence-corrected chi connectivity index (χ2v) is 6.87. The van der Waals surface area contributed by atoms with E-state index >= 15 is 0 Å². The van der Waals surface area contributed by atoms with Crippen LogP contribution in [-0.2, 0) is 10.0 Å². The molecule has 0 bridgehead atoms. The maximum Gasteiger partial charge on any atom is 0.240 e. The predicted molar refractivity (Wildman–Crippen MR) is 76.8 cm³/mol. The summed E-state index contributed by atoms with van der Waals surface area (Å²) >= 11 is 0. The molecule has 0 amide bonds. The second-order valence-electron chi connectivity index (χ2n) is 4.98. The van der Waals surface area contributed by atoms with Crippen molar-refractivity contribution < 1.29 is 8.42 Å². The number of hydrogen-bond donors (Lipinski definition) is 2. The molecule has 19 heavy (non-hydrogen) atoms. The van der Waals surface area contributed by atoms with Crippen LogP contribution >= 0.6 is 0 Å². The number of anilines is 1. The third kappa shape index (κ3) is 3.68. The molecule has 1 fully saturated rings. The van der Waals surface area contributed by atoms with Crippen molar-refractivity contribution in [2.24, 2.45) is 0 Å². The minimum Gasteiger partial charge on any atom is -0.381 e. The van der Waals surface area contributed by atoms with E-state index in [9.17, 15) is 8.42 Å². The van der Waals surface area contributed by atoms with Crippen LogP contribution in [0.4, 0.5) is 5.69 Å². The molecule has 1 saturated heterocycles. The fraction of sp³-hybridized carbons (Fsp3) is 0.538. The molecule has 1 aromatic carbocycles. The van der Waals surface area contributed by atoms with Gasteiger partial charge in [-0.3, -0.25) is 0 Å². The summed E-state index contributed by atoms with van der Waals surface area (Å²) in [7, 11) is 0.156. The Morgan fingerprint density at radius 1 is 1.37 bits per heavy atom. The highest BCUT2D eigenvalue weighted by Gasteiger charge is 2.17. The number of sulfonamides is 1. The number of nitrogens with one attached hydrogen (secondary N) is 2. The van der Waals surface area contributed by atoms with Crippen LogP contribution in [0.3, 0.4) is 0 Å². The first kappa shape index (κ1) is 14.3. The Morgan fingerprint density at radius 2 is 2.16 bits per heavy atom. The van der Waals surface area contributed by atoms with Crippen molar-refractivity contribution in [2.45, 2.75) is 23.8 Å². The van der Waals surface area contributed by atoms with E-state index in [-0.39, 0.29) is 0 Å². The molecule has 1 aliphatic heterocycles. The zero-order valence-electron chi connectivity index (χ0n) is 11.4. The molecule has 0 saturated carbocycles. The molecule has 1 aromatic rings. The standard InChI is InChI=1S/C13H21N3O2S/c1-14-19(17,18)13-7-3-5-11(9-13)15-12-6-4-8-16(2)10-12/h3,5,7,9,12,14-15H,4,6,8,10H2,1-2H3. The van der Waals surface area contributed by atoms with Crippen LogP contribution in [0.5, 0.6) is 0 Å². The van der Waals surface area contributed by atoms with Crippen LogP contribution in [0, 0.1) is 0 Å². The van der Waals surface area contributed by atoms with E-state index < -0.39 is 10.0 Å². The lowest BCUT2D eigenvalue weighted by atomic mass is 10.1. The minimum atomic E-state index is -3.37. The topological polar surface area (TPSA) is 61.4 Å². The van der Waals surface area contributed by atoms with Gasteiger partial charge >= 0.3 is 0 Å². The smallest absolute Gasteiger partial charge is 0.240 e. The number of nitrogens with zero attached hydrogens (tertiary/aromatic N) is 1.